The van der Waals surface area contributed by atoms with Gasteiger partial charge >= 0.3 is 0 Å². The van der Waals surface area contributed by atoms with Gasteiger partial charge in [0.1, 0.15) is 19.0 Å². The second kappa shape index (κ2) is 6.40. The zero-order valence-corrected chi connectivity index (χ0v) is 13.6. The summed E-state index contributed by atoms with van der Waals surface area (Å²) in [7, 11) is -4.07. The van der Waals surface area contributed by atoms with Crippen LogP contribution >= 0.6 is 0 Å². The molecule has 2 aromatic carbocycles. The van der Waals surface area contributed by atoms with E-state index >= 15 is 0 Å². The third kappa shape index (κ3) is 3.53. The van der Waals surface area contributed by atoms with E-state index in [-0.39, 0.29) is 22.0 Å². The van der Waals surface area contributed by atoms with E-state index in [1.165, 1.54) is 42.5 Å². The first-order chi connectivity index (χ1) is 11.9. The lowest BCUT2D eigenvalue weighted by atomic mass is 10.2. The molecule has 9 nitrogen and oxygen atoms in total. The van der Waals surface area contributed by atoms with Crippen LogP contribution < -0.4 is 15.2 Å². The van der Waals surface area contributed by atoms with E-state index in [0.717, 1.165) is 0 Å². The summed E-state index contributed by atoms with van der Waals surface area (Å²) >= 11 is 0. The van der Waals surface area contributed by atoms with Crippen LogP contribution in [0.5, 0.6) is 11.5 Å². The van der Waals surface area contributed by atoms with Gasteiger partial charge < -0.3 is 15.2 Å². The number of nitro groups is 1. The zero-order chi connectivity index (χ0) is 18.0. The fourth-order valence-corrected chi connectivity index (χ4v) is 3.14. The molecule has 1 heterocycles. The van der Waals surface area contributed by atoms with Crippen molar-refractivity contribution < 1.29 is 22.8 Å². The molecular weight excluding hydrogens is 350 g/mol. The quantitative estimate of drug-likeness (QED) is 0.376. The number of non-ortho nitro benzene ring substituents is 1. The number of fused-ring (bicyclic) bond motifs is 1. The molecule has 0 fully saturated rings. The monoisotopic (exact) mass is 363 g/mol. The zero-order valence-electron chi connectivity index (χ0n) is 12.8. The highest BCUT2D eigenvalue weighted by atomic mass is 32.2. The van der Waals surface area contributed by atoms with E-state index in [9.17, 15) is 18.5 Å². The van der Waals surface area contributed by atoms with Gasteiger partial charge in [-0.2, -0.15) is 8.42 Å². The number of ether oxygens (including phenoxy) is 2. The molecule has 2 N–H and O–H groups in total. The van der Waals surface area contributed by atoms with Crippen LogP contribution in [0.4, 0.5) is 5.69 Å². The Balaban J connectivity index is 1.91. The maximum Gasteiger partial charge on any atom is 0.284 e. The lowest BCUT2D eigenvalue weighted by Gasteiger charge is -2.18. The van der Waals surface area contributed by atoms with Crippen LogP contribution in [0.15, 0.2) is 51.8 Å². The number of rotatable bonds is 4. The second-order valence-corrected chi connectivity index (χ2v) is 6.67. The van der Waals surface area contributed by atoms with Crippen molar-refractivity contribution in [3.05, 3.63) is 58.1 Å². The number of sulfonamides is 1. The van der Waals surface area contributed by atoms with Crippen LogP contribution in [-0.4, -0.2) is 32.4 Å². The van der Waals surface area contributed by atoms with Crippen molar-refractivity contribution in [1.82, 2.24) is 0 Å². The molecule has 0 radical (unpaired) electrons. The number of nitro benzene ring substituents is 1. The van der Waals surface area contributed by atoms with Gasteiger partial charge in [-0.3, -0.25) is 10.1 Å². The SMILES string of the molecule is N/C(=N\S(=O)(=O)c1ccc2c(c1)OCCO2)c1ccc([N+](=O)[O-])cc1. The van der Waals surface area contributed by atoms with Crippen LogP contribution in [0.3, 0.4) is 0 Å². The van der Waals surface area contributed by atoms with Gasteiger partial charge in [0.05, 0.1) is 9.82 Å². The van der Waals surface area contributed by atoms with Gasteiger partial charge in [-0.1, -0.05) is 0 Å². The fourth-order valence-electron chi connectivity index (χ4n) is 2.17. The average Bonchev–Trinajstić information content (AvgIpc) is 2.61. The summed E-state index contributed by atoms with van der Waals surface area (Å²) in [5.74, 6) is 0.499. The molecule has 0 spiro atoms. The number of hydrogen-bond acceptors (Lipinski definition) is 6. The van der Waals surface area contributed by atoms with Crippen molar-refractivity contribution >= 4 is 21.5 Å². The van der Waals surface area contributed by atoms with Crippen LogP contribution in [0.2, 0.25) is 0 Å². The molecule has 0 saturated heterocycles. The Morgan fingerprint density at radius 3 is 2.36 bits per heavy atom. The molecule has 1 aliphatic heterocycles. The van der Waals surface area contributed by atoms with Crippen LogP contribution in [0.1, 0.15) is 5.56 Å². The van der Waals surface area contributed by atoms with Gasteiger partial charge in [-0.05, 0) is 24.3 Å². The topological polar surface area (TPSA) is 134 Å². The minimum atomic E-state index is -4.07. The van der Waals surface area contributed by atoms with Gasteiger partial charge in [-0.25, -0.2) is 0 Å². The predicted octanol–water partition coefficient (Wildman–Crippen LogP) is 1.46. The number of benzene rings is 2. The van der Waals surface area contributed by atoms with Crippen molar-refractivity contribution in [3.63, 3.8) is 0 Å². The van der Waals surface area contributed by atoms with Crippen molar-refractivity contribution in [3.8, 4) is 11.5 Å². The van der Waals surface area contributed by atoms with Crippen LogP contribution in [-0.2, 0) is 10.0 Å². The molecular formula is C15H13N3O6S. The normalized spacial score (nSPS) is 14.2. The van der Waals surface area contributed by atoms with Gasteiger partial charge in [0.25, 0.3) is 15.7 Å². The Hall–Kier alpha value is -3.14. The summed E-state index contributed by atoms with van der Waals surface area (Å²) in [5.41, 5.74) is 5.85. The molecule has 3 rings (SSSR count). The standard InChI is InChI=1S/C15H13N3O6S/c16-15(10-1-3-11(4-2-10)18(19)20)17-25(21,22)12-5-6-13-14(9-12)24-8-7-23-13/h1-6,9H,7-8H2,(H2,16,17). The van der Waals surface area contributed by atoms with Crippen molar-refractivity contribution in [1.29, 1.82) is 0 Å². The molecule has 10 heteroatoms. The molecule has 130 valence electrons. The predicted molar refractivity (Wildman–Crippen MR) is 88.4 cm³/mol. The Labute approximate surface area is 142 Å². The van der Waals surface area contributed by atoms with Crippen molar-refractivity contribution in [2.75, 3.05) is 13.2 Å². The largest absolute Gasteiger partial charge is 0.486 e. The maximum atomic E-state index is 12.4. The van der Waals surface area contributed by atoms with E-state index in [1.54, 1.807) is 0 Å². The van der Waals surface area contributed by atoms with Gasteiger partial charge in [-0.15, -0.1) is 4.40 Å². The van der Waals surface area contributed by atoms with Gasteiger partial charge in [0, 0.05) is 23.8 Å². The molecule has 0 atom stereocenters. The Morgan fingerprint density at radius 2 is 1.72 bits per heavy atom. The summed E-state index contributed by atoms with van der Waals surface area (Å²) in [5, 5.41) is 10.6. The van der Waals surface area contributed by atoms with E-state index in [4.69, 9.17) is 15.2 Å². The molecule has 0 bridgehead atoms. The molecule has 0 amide bonds. The highest BCUT2D eigenvalue weighted by molar-refractivity contribution is 7.90. The Bertz CT molecular complexity index is 954. The van der Waals surface area contributed by atoms with E-state index in [0.29, 0.717) is 24.7 Å². The number of nitrogens with two attached hydrogens (primary N) is 1. The fraction of sp³-hybridized carbons (Fsp3) is 0.133. The van der Waals surface area contributed by atoms with Crippen molar-refractivity contribution in [2.45, 2.75) is 4.90 Å². The van der Waals surface area contributed by atoms with E-state index < -0.39 is 14.9 Å². The lowest BCUT2D eigenvalue weighted by Crippen LogP contribution is -2.17. The second-order valence-electron chi connectivity index (χ2n) is 5.06. The summed E-state index contributed by atoms with van der Waals surface area (Å²) in [6, 6.07) is 9.24. The van der Waals surface area contributed by atoms with Crippen LogP contribution in [0, 0.1) is 10.1 Å². The Morgan fingerprint density at radius 1 is 1.08 bits per heavy atom. The summed E-state index contributed by atoms with van der Waals surface area (Å²) < 4.78 is 39.1. The molecule has 0 unspecified atom stereocenters. The minimum absolute atomic E-state index is 0.0957. The molecule has 0 saturated carbocycles. The molecule has 2 aromatic rings. The van der Waals surface area contributed by atoms with E-state index in [2.05, 4.69) is 4.40 Å². The first-order valence-corrected chi connectivity index (χ1v) is 8.56. The number of nitrogens with zero attached hydrogens (tertiary/aromatic N) is 2. The Kier molecular flexibility index (Phi) is 4.28. The first-order valence-electron chi connectivity index (χ1n) is 7.12. The molecule has 0 aliphatic carbocycles. The smallest absolute Gasteiger partial charge is 0.284 e. The summed E-state index contributed by atoms with van der Waals surface area (Å²) in [6.07, 6.45) is 0. The third-order valence-electron chi connectivity index (χ3n) is 3.40. The van der Waals surface area contributed by atoms with Crippen LogP contribution in [0.25, 0.3) is 0 Å². The molecule has 0 aromatic heterocycles. The average molecular weight is 363 g/mol. The van der Waals surface area contributed by atoms with Gasteiger partial charge in [0.2, 0.25) is 0 Å². The number of hydrogen-bond donors (Lipinski definition) is 1. The van der Waals surface area contributed by atoms with E-state index in [1.807, 2.05) is 0 Å². The summed E-state index contributed by atoms with van der Waals surface area (Å²) in [4.78, 5) is 9.98. The molecule has 25 heavy (non-hydrogen) atoms. The molecule has 1 aliphatic rings. The number of amidine groups is 1. The first kappa shape index (κ1) is 16.7. The maximum absolute atomic E-state index is 12.4. The van der Waals surface area contributed by atoms with Crippen molar-refractivity contribution in [2.24, 2.45) is 10.1 Å². The lowest BCUT2D eigenvalue weighted by molar-refractivity contribution is -0.384. The third-order valence-corrected chi connectivity index (χ3v) is 4.69. The summed E-state index contributed by atoms with van der Waals surface area (Å²) in [6.45, 7) is 0.717. The van der Waals surface area contributed by atoms with Gasteiger partial charge in [0.15, 0.2) is 11.5 Å². The minimum Gasteiger partial charge on any atom is -0.486 e. The highest BCUT2D eigenvalue weighted by Gasteiger charge is 2.19. The highest BCUT2D eigenvalue weighted by Crippen LogP contribution is 2.32.